The fraction of sp³-hybridized carbons (Fsp3) is 0.538. The summed E-state index contributed by atoms with van der Waals surface area (Å²) < 4.78 is 0. The molecule has 1 unspecified atom stereocenters. The van der Waals surface area contributed by atoms with E-state index in [0.717, 1.165) is 5.92 Å². The highest BCUT2D eigenvalue weighted by atomic mass is 14.9. The van der Waals surface area contributed by atoms with Crippen molar-refractivity contribution in [3.8, 4) is 0 Å². The second-order valence-corrected chi connectivity index (χ2v) is 4.32. The standard InChI is InChI=1S/C13H19N/c1-11(13-5-3-2-4-6-13)14-10-9-12-7-8-12/h2-6,11-12,14H,7-10H2,1H3. The predicted octanol–water partition coefficient (Wildman–Crippen LogP) is 3.14. The molecule has 2 rings (SSSR count). The highest BCUT2D eigenvalue weighted by molar-refractivity contribution is 5.17. The Labute approximate surface area is 86.5 Å². The molecule has 14 heavy (non-hydrogen) atoms. The van der Waals surface area contributed by atoms with Gasteiger partial charge in [0.25, 0.3) is 0 Å². The molecule has 1 nitrogen and oxygen atoms in total. The van der Waals surface area contributed by atoms with E-state index in [4.69, 9.17) is 0 Å². The minimum atomic E-state index is 0.495. The van der Waals surface area contributed by atoms with Crippen molar-refractivity contribution in [3.63, 3.8) is 0 Å². The quantitative estimate of drug-likeness (QED) is 0.750. The average Bonchev–Trinajstić information content (AvgIpc) is 3.03. The van der Waals surface area contributed by atoms with E-state index in [1.54, 1.807) is 0 Å². The maximum atomic E-state index is 3.57. The van der Waals surface area contributed by atoms with E-state index in [-0.39, 0.29) is 0 Å². The number of hydrogen-bond donors (Lipinski definition) is 1. The van der Waals surface area contributed by atoms with E-state index >= 15 is 0 Å². The Kier molecular flexibility index (Phi) is 3.20. The Balaban J connectivity index is 1.74. The third kappa shape index (κ3) is 2.85. The summed E-state index contributed by atoms with van der Waals surface area (Å²) in [5.41, 5.74) is 1.39. The molecule has 1 atom stereocenters. The van der Waals surface area contributed by atoms with Crippen molar-refractivity contribution in [2.75, 3.05) is 6.54 Å². The lowest BCUT2D eigenvalue weighted by Crippen LogP contribution is -2.20. The summed E-state index contributed by atoms with van der Waals surface area (Å²) in [5, 5.41) is 3.57. The molecular weight excluding hydrogens is 170 g/mol. The maximum Gasteiger partial charge on any atom is 0.0291 e. The molecule has 1 aromatic rings. The van der Waals surface area contributed by atoms with Crippen LogP contribution >= 0.6 is 0 Å². The van der Waals surface area contributed by atoms with E-state index in [2.05, 4.69) is 42.6 Å². The zero-order valence-corrected chi connectivity index (χ0v) is 8.87. The Hall–Kier alpha value is -0.820. The van der Waals surface area contributed by atoms with Crippen molar-refractivity contribution in [3.05, 3.63) is 35.9 Å². The Morgan fingerprint density at radius 2 is 2.00 bits per heavy atom. The van der Waals surface area contributed by atoms with Crippen LogP contribution in [0.1, 0.15) is 37.8 Å². The van der Waals surface area contributed by atoms with Gasteiger partial charge in [0.15, 0.2) is 0 Å². The molecule has 0 amide bonds. The van der Waals surface area contributed by atoms with Gasteiger partial charge >= 0.3 is 0 Å². The topological polar surface area (TPSA) is 12.0 Å². The molecular formula is C13H19N. The molecule has 1 aromatic carbocycles. The van der Waals surface area contributed by atoms with E-state index < -0.39 is 0 Å². The van der Waals surface area contributed by atoms with Crippen LogP contribution in [0, 0.1) is 5.92 Å². The molecule has 1 fully saturated rings. The third-order valence-corrected chi connectivity index (χ3v) is 3.00. The van der Waals surface area contributed by atoms with Gasteiger partial charge in [-0.15, -0.1) is 0 Å². The number of nitrogens with one attached hydrogen (secondary N) is 1. The summed E-state index contributed by atoms with van der Waals surface area (Å²) in [5.74, 6) is 1.03. The SMILES string of the molecule is CC(NCCC1CC1)c1ccccc1. The van der Waals surface area contributed by atoms with Gasteiger partial charge in [0.1, 0.15) is 0 Å². The van der Waals surface area contributed by atoms with Crippen LogP contribution in [-0.4, -0.2) is 6.54 Å². The lowest BCUT2D eigenvalue weighted by atomic mass is 10.1. The summed E-state index contributed by atoms with van der Waals surface area (Å²) in [6, 6.07) is 11.2. The van der Waals surface area contributed by atoms with Crippen LogP contribution < -0.4 is 5.32 Å². The summed E-state index contributed by atoms with van der Waals surface area (Å²) in [6.45, 7) is 3.41. The van der Waals surface area contributed by atoms with E-state index in [0.29, 0.717) is 6.04 Å². The van der Waals surface area contributed by atoms with Gasteiger partial charge in [-0.2, -0.15) is 0 Å². The molecule has 0 heterocycles. The van der Waals surface area contributed by atoms with E-state index in [1.807, 2.05) is 0 Å². The second kappa shape index (κ2) is 4.61. The van der Waals surface area contributed by atoms with Crippen LogP contribution in [0.2, 0.25) is 0 Å². The summed E-state index contributed by atoms with van der Waals surface area (Å²) in [6.07, 6.45) is 4.28. The first-order valence-corrected chi connectivity index (χ1v) is 5.64. The molecule has 0 saturated heterocycles. The largest absolute Gasteiger partial charge is 0.310 e. The summed E-state index contributed by atoms with van der Waals surface area (Å²) in [7, 11) is 0. The van der Waals surface area contributed by atoms with Crippen LogP contribution in [0.25, 0.3) is 0 Å². The summed E-state index contributed by atoms with van der Waals surface area (Å²) in [4.78, 5) is 0. The molecule has 76 valence electrons. The van der Waals surface area contributed by atoms with E-state index in [1.165, 1.54) is 31.4 Å². The number of benzene rings is 1. The lowest BCUT2D eigenvalue weighted by Gasteiger charge is -2.13. The van der Waals surface area contributed by atoms with Gasteiger partial charge in [-0.3, -0.25) is 0 Å². The van der Waals surface area contributed by atoms with Gasteiger partial charge in [0, 0.05) is 6.04 Å². The van der Waals surface area contributed by atoms with Crippen molar-refractivity contribution in [1.82, 2.24) is 5.32 Å². The van der Waals surface area contributed by atoms with Crippen LogP contribution in [-0.2, 0) is 0 Å². The third-order valence-electron chi connectivity index (χ3n) is 3.00. The second-order valence-electron chi connectivity index (χ2n) is 4.32. The molecule has 1 heteroatoms. The monoisotopic (exact) mass is 189 g/mol. The molecule has 0 bridgehead atoms. The zero-order chi connectivity index (χ0) is 9.80. The Morgan fingerprint density at radius 1 is 1.29 bits per heavy atom. The van der Waals surface area contributed by atoms with Crippen molar-refractivity contribution >= 4 is 0 Å². The molecule has 1 aliphatic rings. The average molecular weight is 189 g/mol. The van der Waals surface area contributed by atoms with Crippen molar-refractivity contribution in [2.24, 2.45) is 5.92 Å². The normalized spacial score (nSPS) is 18.1. The van der Waals surface area contributed by atoms with Gasteiger partial charge in [-0.05, 0) is 31.4 Å². The fourth-order valence-electron chi connectivity index (χ4n) is 1.77. The maximum absolute atomic E-state index is 3.57. The van der Waals surface area contributed by atoms with Crippen LogP contribution in [0.15, 0.2) is 30.3 Å². The van der Waals surface area contributed by atoms with Crippen molar-refractivity contribution < 1.29 is 0 Å². The van der Waals surface area contributed by atoms with Crippen LogP contribution in [0.4, 0.5) is 0 Å². The van der Waals surface area contributed by atoms with Gasteiger partial charge < -0.3 is 5.32 Å². The molecule has 0 spiro atoms. The highest BCUT2D eigenvalue weighted by Gasteiger charge is 2.20. The number of rotatable bonds is 5. The minimum Gasteiger partial charge on any atom is -0.310 e. The summed E-state index contributed by atoms with van der Waals surface area (Å²) >= 11 is 0. The van der Waals surface area contributed by atoms with Crippen molar-refractivity contribution in [1.29, 1.82) is 0 Å². The molecule has 0 aliphatic heterocycles. The first-order valence-electron chi connectivity index (χ1n) is 5.64. The van der Waals surface area contributed by atoms with Gasteiger partial charge in [-0.1, -0.05) is 43.2 Å². The highest BCUT2D eigenvalue weighted by Crippen LogP contribution is 2.31. The van der Waals surface area contributed by atoms with Gasteiger partial charge in [-0.25, -0.2) is 0 Å². The van der Waals surface area contributed by atoms with Crippen LogP contribution in [0.3, 0.4) is 0 Å². The zero-order valence-electron chi connectivity index (χ0n) is 8.87. The Morgan fingerprint density at radius 3 is 2.64 bits per heavy atom. The predicted molar refractivity (Wildman–Crippen MR) is 60.2 cm³/mol. The fourth-order valence-corrected chi connectivity index (χ4v) is 1.77. The lowest BCUT2D eigenvalue weighted by molar-refractivity contribution is 0.540. The van der Waals surface area contributed by atoms with Gasteiger partial charge in [0.05, 0.1) is 0 Å². The minimum absolute atomic E-state index is 0.495. The Bertz CT molecular complexity index is 264. The van der Waals surface area contributed by atoms with E-state index in [9.17, 15) is 0 Å². The molecule has 0 radical (unpaired) electrons. The first kappa shape index (κ1) is 9.72. The van der Waals surface area contributed by atoms with Crippen molar-refractivity contribution in [2.45, 2.75) is 32.2 Å². The number of hydrogen-bond acceptors (Lipinski definition) is 1. The van der Waals surface area contributed by atoms with Gasteiger partial charge in [0.2, 0.25) is 0 Å². The molecule has 0 aromatic heterocycles. The first-order chi connectivity index (χ1) is 6.86. The molecule has 1 saturated carbocycles. The van der Waals surface area contributed by atoms with Crippen LogP contribution in [0.5, 0.6) is 0 Å². The molecule has 1 aliphatic carbocycles. The smallest absolute Gasteiger partial charge is 0.0291 e. The molecule has 1 N–H and O–H groups in total.